The molecule has 1 atom stereocenters. The minimum Gasteiger partial charge on any atom is -0.325 e. The Morgan fingerprint density at radius 1 is 1.05 bits per heavy atom. The second kappa shape index (κ2) is 5.50. The molecule has 1 aromatic carbocycles. The number of fused-ring (bicyclic) bond motifs is 2. The van der Waals surface area contributed by atoms with Crippen molar-refractivity contribution < 1.29 is 4.79 Å². The molecule has 2 aliphatic rings. The summed E-state index contributed by atoms with van der Waals surface area (Å²) >= 11 is 0. The van der Waals surface area contributed by atoms with Crippen LogP contribution in [0, 0.1) is 5.92 Å². The molecule has 0 bridgehead atoms. The van der Waals surface area contributed by atoms with Gasteiger partial charge in [-0.3, -0.25) is 4.79 Å². The SMILES string of the molecule is CC(C)(N)C1CCc2cc3c(cc2C1=O)CCCC3.Cl. The molecule has 2 aliphatic carbocycles. The van der Waals surface area contributed by atoms with Crippen LogP contribution in [0.2, 0.25) is 0 Å². The van der Waals surface area contributed by atoms with Crippen LogP contribution in [-0.4, -0.2) is 11.3 Å². The van der Waals surface area contributed by atoms with Crippen LogP contribution < -0.4 is 5.73 Å². The molecule has 0 aliphatic heterocycles. The van der Waals surface area contributed by atoms with E-state index < -0.39 is 5.54 Å². The summed E-state index contributed by atoms with van der Waals surface area (Å²) in [4.78, 5) is 12.7. The van der Waals surface area contributed by atoms with Gasteiger partial charge in [-0.05, 0) is 75.1 Å². The molecule has 3 rings (SSSR count). The second-order valence-electron chi connectivity index (χ2n) is 6.76. The largest absolute Gasteiger partial charge is 0.325 e. The standard InChI is InChI=1S/C17H23NO.ClH/c1-17(2,18)15-8-7-13-9-11-5-3-4-6-12(11)10-14(13)16(15)19;/h9-10,15H,3-8,18H2,1-2H3;1H. The third kappa shape index (κ3) is 2.64. The molecule has 1 aromatic rings. The topological polar surface area (TPSA) is 43.1 Å². The lowest BCUT2D eigenvalue weighted by atomic mass is 9.72. The van der Waals surface area contributed by atoms with Crippen molar-refractivity contribution in [3.8, 4) is 0 Å². The highest BCUT2D eigenvalue weighted by Gasteiger charge is 2.36. The van der Waals surface area contributed by atoms with Crippen LogP contribution in [0.5, 0.6) is 0 Å². The summed E-state index contributed by atoms with van der Waals surface area (Å²) in [6.45, 7) is 3.94. The normalized spacial score (nSPS) is 21.8. The van der Waals surface area contributed by atoms with E-state index in [-0.39, 0.29) is 24.1 Å². The number of rotatable bonds is 1. The molecule has 2 nitrogen and oxygen atoms in total. The summed E-state index contributed by atoms with van der Waals surface area (Å²) in [5.74, 6) is 0.240. The third-order valence-corrected chi connectivity index (χ3v) is 4.75. The Labute approximate surface area is 127 Å². The van der Waals surface area contributed by atoms with Crippen LogP contribution in [-0.2, 0) is 19.3 Å². The van der Waals surface area contributed by atoms with E-state index in [9.17, 15) is 4.79 Å². The van der Waals surface area contributed by atoms with Gasteiger partial charge in [0.2, 0.25) is 0 Å². The molecule has 0 spiro atoms. The molecule has 0 radical (unpaired) electrons. The van der Waals surface area contributed by atoms with Crippen LogP contribution in [0.25, 0.3) is 0 Å². The van der Waals surface area contributed by atoms with E-state index in [1.807, 2.05) is 13.8 Å². The maximum atomic E-state index is 12.7. The smallest absolute Gasteiger partial charge is 0.168 e. The van der Waals surface area contributed by atoms with Crippen molar-refractivity contribution in [2.45, 2.75) is 57.9 Å². The first-order chi connectivity index (χ1) is 8.97. The zero-order chi connectivity index (χ0) is 13.6. The fourth-order valence-electron chi connectivity index (χ4n) is 3.60. The van der Waals surface area contributed by atoms with Crippen molar-refractivity contribution in [1.82, 2.24) is 0 Å². The number of halogens is 1. The first kappa shape index (κ1) is 15.5. The molecule has 0 saturated carbocycles. The summed E-state index contributed by atoms with van der Waals surface area (Å²) < 4.78 is 0. The Kier molecular flexibility index (Phi) is 4.27. The zero-order valence-electron chi connectivity index (χ0n) is 12.4. The van der Waals surface area contributed by atoms with Crippen LogP contribution in [0.3, 0.4) is 0 Å². The van der Waals surface area contributed by atoms with Gasteiger partial charge in [0.1, 0.15) is 0 Å². The van der Waals surface area contributed by atoms with Crippen LogP contribution in [0.15, 0.2) is 12.1 Å². The van der Waals surface area contributed by atoms with E-state index in [2.05, 4.69) is 12.1 Å². The van der Waals surface area contributed by atoms with E-state index in [0.29, 0.717) is 0 Å². The minimum absolute atomic E-state index is 0. The number of Topliss-reactive ketones (excluding diaryl/α,β-unsaturated/α-hetero) is 1. The molecular formula is C17H24ClNO. The highest BCUT2D eigenvalue weighted by molar-refractivity contribution is 6.01. The van der Waals surface area contributed by atoms with E-state index in [1.165, 1.54) is 36.0 Å². The Morgan fingerprint density at radius 3 is 2.25 bits per heavy atom. The van der Waals surface area contributed by atoms with E-state index >= 15 is 0 Å². The van der Waals surface area contributed by atoms with Crippen molar-refractivity contribution >= 4 is 18.2 Å². The monoisotopic (exact) mass is 293 g/mol. The van der Waals surface area contributed by atoms with E-state index in [4.69, 9.17) is 5.73 Å². The van der Waals surface area contributed by atoms with Gasteiger partial charge < -0.3 is 5.73 Å². The summed E-state index contributed by atoms with van der Waals surface area (Å²) in [5, 5.41) is 0. The number of carbonyl (C=O) groups is 1. The molecule has 1 unspecified atom stereocenters. The first-order valence-corrected chi connectivity index (χ1v) is 7.44. The lowest BCUT2D eigenvalue weighted by Gasteiger charge is -2.34. The van der Waals surface area contributed by atoms with E-state index in [1.54, 1.807) is 0 Å². The van der Waals surface area contributed by atoms with E-state index in [0.717, 1.165) is 24.8 Å². The van der Waals surface area contributed by atoms with Crippen molar-refractivity contribution in [2.75, 3.05) is 0 Å². The number of nitrogens with two attached hydrogens (primary N) is 1. The van der Waals surface area contributed by atoms with Gasteiger partial charge >= 0.3 is 0 Å². The summed E-state index contributed by atoms with van der Waals surface area (Å²) in [6.07, 6.45) is 6.76. The Hall–Kier alpha value is -0.860. The average molecular weight is 294 g/mol. The summed E-state index contributed by atoms with van der Waals surface area (Å²) in [6, 6.07) is 4.46. The molecule has 0 fully saturated rings. The maximum Gasteiger partial charge on any atom is 0.168 e. The number of hydrogen-bond acceptors (Lipinski definition) is 2. The van der Waals surface area contributed by atoms with Crippen molar-refractivity contribution in [1.29, 1.82) is 0 Å². The van der Waals surface area contributed by atoms with Gasteiger partial charge in [0.15, 0.2) is 5.78 Å². The predicted molar refractivity (Wildman–Crippen MR) is 84.7 cm³/mol. The molecule has 0 aromatic heterocycles. The van der Waals surface area contributed by atoms with Gasteiger partial charge in [-0.25, -0.2) is 0 Å². The fraction of sp³-hybridized carbons (Fsp3) is 0.588. The van der Waals surface area contributed by atoms with Gasteiger partial charge in [0.25, 0.3) is 0 Å². The molecule has 0 saturated heterocycles. The number of benzene rings is 1. The predicted octanol–water partition coefficient (Wildman–Crippen LogP) is 3.47. The highest BCUT2D eigenvalue weighted by Crippen LogP contribution is 2.34. The quantitative estimate of drug-likeness (QED) is 0.861. The summed E-state index contributed by atoms with van der Waals surface area (Å²) in [5.41, 5.74) is 10.8. The van der Waals surface area contributed by atoms with Gasteiger partial charge in [-0.1, -0.05) is 6.07 Å². The molecule has 20 heavy (non-hydrogen) atoms. The molecule has 110 valence electrons. The third-order valence-electron chi connectivity index (χ3n) is 4.75. The number of aryl methyl sites for hydroxylation is 3. The van der Waals surface area contributed by atoms with Crippen LogP contribution >= 0.6 is 12.4 Å². The zero-order valence-corrected chi connectivity index (χ0v) is 13.2. The number of ketones is 1. The molecule has 0 heterocycles. The maximum absolute atomic E-state index is 12.7. The minimum atomic E-state index is -0.412. The molecule has 3 heteroatoms. The molecule has 2 N–H and O–H groups in total. The second-order valence-corrected chi connectivity index (χ2v) is 6.76. The lowest BCUT2D eigenvalue weighted by molar-refractivity contribution is 0.0844. The van der Waals surface area contributed by atoms with Gasteiger partial charge in [0, 0.05) is 17.0 Å². The van der Waals surface area contributed by atoms with Crippen LogP contribution in [0.4, 0.5) is 0 Å². The fourth-order valence-corrected chi connectivity index (χ4v) is 3.60. The van der Waals surface area contributed by atoms with Crippen molar-refractivity contribution in [2.24, 2.45) is 11.7 Å². The van der Waals surface area contributed by atoms with Gasteiger partial charge in [0.05, 0.1) is 0 Å². The Morgan fingerprint density at radius 2 is 1.65 bits per heavy atom. The van der Waals surface area contributed by atoms with Crippen LogP contribution in [0.1, 0.15) is 60.2 Å². The first-order valence-electron chi connectivity index (χ1n) is 7.44. The number of hydrogen-bond donors (Lipinski definition) is 1. The number of carbonyl (C=O) groups excluding carboxylic acids is 1. The highest BCUT2D eigenvalue weighted by atomic mass is 35.5. The Balaban J connectivity index is 0.00000147. The lowest BCUT2D eigenvalue weighted by Crippen LogP contribution is -2.46. The Bertz CT molecular complexity index is 531. The van der Waals surface area contributed by atoms with Crippen molar-refractivity contribution in [3.63, 3.8) is 0 Å². The van der Waals surface area contributed by atoms with Crippen molar-refractivity contribution in [3.05, 3.63) is 34.4 Å². The van der Waals surface area contributed by atoms with Gasteiger partial charge in [-0.15, -0.1) is 12.4 Å². The molecule has 0 amide bonds. The molecular weight excluding hydrogens is 270 g/mol. The summed E-state index contributed by atoms with van der Waals surface area (Å²) in [7, 11) is 0. The average Bonchev–Trinajstić information content (AvgIpc) is 2.36. The van der Waals surface area contributed by atoms with Gasteiger partial charge in [-0.2, -0.15) is 0 Å².